The van der Waals surface area contributed by atoms with Crippen molar-refractivity contribution in [2.45, 2.75) is 38.6 Å². The van der Waals surface area contributed by atoms with Gasteiger partial charge in [-0.25, -0.2) is 0 Å². The lowest BCUT2D eigenvalue weighted by Gasteiger charge is -2.40. The predicted octanol–water partition coefficient (Wildman–Crippen LogP) is 2.90. The van der Waals surface area contributed by atoms with E-state index in [1.165, 1.54) is 12.8 Å². The number of amides is 2. The normalized spacial score (nSPS) is 20.2. The summed E-state index contributed by atoms with van der Waals surface area (Å²) in [5.41, 5.74) is 0.712. The number of nitrogens with zero attached hydrogens (tertiary/aromatic N) is 2. The first-order chi connectivity index (χ1) is 12.6. The zero-order valence-electron chi connectivity index (χ0n) is 15.4. The van der Waals surface area contributed by atoms with Gasteiger partial charge in [0.05, 0.1) is 6.04 Å². The fraction of sp³-hybridized carbons (Fsp3) is 0.600. The first-order valence-corrected chi connectivity index (χ1v) is 10.5. The molecule has 0 unspecified atom stereocenters. The minimum Gasteiger partial charge on any atom is -0.355 e. The van der Waals surface area contributed by atoms with E-state index in [2.05, 4.69) is 26.1 Å². The van der Waals surface area contributed by atoms with Crippen LogP contribution in [0, 0.1) is 5.92 Å². The van der Waals surface area contributed by atoms with E-state index in [0.29, 0.717) is 31.1 Å². The molecule has 1 aromatic carbocycles. The lowest BCUT2D eigenvalue weighted by Crippen LogP contribution is -2.58. The maximum Gasteiger partial charge on any atom is 0.253 e. The molecule has 0 spiro atoms. The van der Waals surface area contributed by atoms with Crippen LogP contribution in [0.1, 0.15) is 43.0 Å². The molecule has 0 aromatic heterocycles. The fourth-order valence-corrected chi connectivity index (χ4v) is 4.64. The van der Waals surface area contributed by atoms with Crippen molar-refractivity contribution in [3.8, 4) is 0 Å². The molecule has 0 radical (unpaired) electrons. The zero-order chi connectivity index (χ0) is 18.5. The molecule has 3 rings (SSSR count). The lowest BCUT2D eigenvalue weighted by molar-refractivity contribution is -0.129. The van der Waals surface area contributed by atoms with Crippen LogP contribution in [0.15, 0.2) is 28.7 Å². The average Bonchev–Trinajstić information content (AvgIpc) is 3.16. The molecular weight excluding hydrogens is 394 g/mol. The average molecular weight is 422 g/mol. The summed E-state index contributed by atoms with van der Waals surface area (Å²) < 4.78 is 0.916. The van der Waals surface area contributed by atoms with Gasteiger partial charge in [0.2, 0.25) is 5.91 Å². The number of carbonyl (C=O) groups excluding carboxylic acids is 2. The molecule has 1 heterocycles. The van der Waals surface area contributed by atoms with Gasteiger partial charge < -0.3 is 10.2 Å². The Labute approximate surface area is 164 Å². The van der Waals surface area contributed by atoms with Crippen LogP contribution in [0.25, 0.3) is 0 Å². The van der Waals surface area contributed by atoms with Crippen molar-refractivity contribution in [2.24, 2.45) is 5.92 Å². The van der Waals surface area contributed by atoms with Gasteiger partial charge in [0.15, 0.2) is 0 Å². The van der Waals surface area contributed by atoms with E-state index < -0.39 is 0 Å². The Balaban J connectivity index is 1.63. The highest BCUT2D eigenvalue weighted by Crippen LogP contribution is 2.31. The maximum absolute atomic E-state index is 12.7. The van der Waals surface area contributed by atoms with E-state index in [0.717, 1.165) is 30.4 Å². The SMILES string of the molecule is CCNC(=O)[C@@H](C1CCCC1)N1CCN(C(=O)c2cccc(Br)c2)CC1. The standard InChI is InChI=1S/C20H28BrN3O2/c1-2-22-19(25)18(15-6-3-4-7-15)23-10-12-24(13-11-23)20(26)16-8-5-9-17(21)14-16/h5,8-9,14-15,18H,2-4,6-7,10-13H2,1H3,(H,22,25)/t18-/m1/s1. The second-order valence-electron chi connectivity index (χ2n) is 7.22. The summed E-state index contributed by atoms with van der Waals surface area (Å²) in [5, 5.41) is 3.02. The smallest absolute Gasteiger partial charge is 0.253 e. The Hall–Kier alpha value is -1.40. The molecule has 1 aromatic rings. The van der Waals surface area contributed by atoms with E-state index in [9.17, 15) is 9.59 Å². The molecule has 1 N–H and O–H groups in total. The third-order valence-electron chi connectivity index (χ3n) is 5.53. The van der Waals surface area contributed by atoms with Crippen LogP contribution in [-0.2, 0) is 4.79 Å². The first kappa shape index (κ1) is 19.4. The Morgan fingerprint density at radius 3 is 2.50 bits per heavy atom. The molecule has 6 heteroatoms. The number of hydrogen-bond acceptors (Lipinski definition) is 3. The molecule has 2 amide bonds. The third-order valence-corrected chi connectivity index (χ3v) is 6.03. The number of rotatable bonds is 5. The minimum absolute atomic E-state index is 0.0411. The van der Waals surface area contributed by atoms with Crippen molar-refractivity contribution in [2.75, 3.05) is 32.7 Å². The number of likely N-dealkylation sites (N-methyl/N-ethyl adjacent to an activating group) is 1. The molecule has 1 aliphatic carbocycles. The highest BCUT2D eigenvalue weighted by Gasteiger charge is 2.37. The Kier molecular flexibility index (Phi) is 6.70. The van der Waals surface area contributed by atoms with Crippen LogP contribution >= 0.6 is 15.9 Å². The van der Waals surface area contributed by atoms with E-state index in [1.54, 1.807) is 0 Å². The van der Waals surface area contributed by atoms with Crippen LogP contribution in [0.2, 0.25) is 0 Å². The summed E-state index contributed by atoms with van der Waals surface area (Å²) in [4.78, 5) is 29.6. The van der Waals surface area contributed by atoms with Gasteiger partial charge >= 0.3 is 0 Å². The molecular formula is C20H28BrN3O2. The van der Waals surface area contributed by atoms with Gasteiger partial charge in [-0.05, 0) is 43.9 Å². The summed E-state index contributed by atoms with van der Waals surface area (Å²) in [6.07, 6.45) is 4.72. The Morgan fingerprint density at radius 1 is 1.19 bits per heavy atom. The van der Waals surface area contributed by atoms with Crippen molar-refractivity contribution < 1.29 is 9.59 Å². The van der Waals surface area contributed by atoms with Crippen molar-refractivity contribution in [1.29, 1.82) is 0 Å². The summed E-state index contributed by atoms with van der Waals surface area (Å²) in [6, 6.07) is 7.49. The molecule has 2 fully saturated rings. The van der Waals surface area contributed by atoms with Crippen LogP contribution < -0.4 is 5.32 Å². The van der Waals surface area contributed by atoms with Crippen LogP contribution in [0.4, 0.5) is 0 Å². The Morgan fingerprint density at radius 2 is 1.88 bits per heavy atom. The molecule has 0 bridgehead atoms. The van der Waals surface area contributed by atoms with E-state index in [-0.39, 0.29) is 17.9 Å². The van der Waals surface area contributed by atoms with Gasteiger partial charge in [-0.2, -0.15) is 0 Å². The number of piperazine rings is 1. The maximum atomic E-state index is 12.7. The van der Waals surface area contributed by atoms with Crippen LogP contribution in [0.5, 0.6) is 0 Å². The molecule has 1 saturated heterocycles. The summed E-state index contributed by atoms with van der Waals surface area (Å²) in [7, 11) is 0. The Bertz CT molecular complexity index is 638. The molecule has 1 saturated carbocycles. The van der Waals surface area contributed by atoms with E-state index in [1.807, 2.05) is 36.1 Å². The molecule has 26 heavy (non-hydrogen) atoms. The monoisotopic (exact) mass is 421 g/mol. The van der Waals surface area contributed by atoms with Crippen molar-refractivity contribution in [3.05, 3.63) is 34.3 Å². The number of halogens is 1. The third kappa shape index (κ3) is 4.46. The highest BCUT2D eigenvalue weighted by molar-refractivity contribution is 9.10. The second kappa shape index (κ2) is 9.00. The molecule has 1 atom stereocenters. The van der Waals surface area contributed by atoms with Gasteiger partial charge in [-0.1, -0.05) is 34.8 Å². The van der Waals surface area contributed by atoms with E-state index in [4.69, 9.17) is 0 Å². The number of benzene rings is 1. The highest BCUT2D eigenvalue weighted by atomic mass is 79.9. The molecule has 142 valence electrons. The van der Waals surface area contributed by atoms with Crippen LogP contribution in [0.3, 0.4) is 0 Å². The van der Waals surface area contributed by atoms with Crippen LogP contribution in [-0.4, -0.2) is 60.4 Å². The van der Waals surface area contributed by atoms with Gasteiger partial charge in [-0.15, -0.1) is 0 Å². The molecule has 2 aliphatic rings. The van der Waals surface area contributed by atoms with Gasteiger partial charge in [0, 0.05) is 42.8 Å². The molecule has 1 aliphatic heterocycles. The summed E-state index contributed by atoms with van der Waals surface area (Å²) in [6.45, 7) is 5.51. The number of hydrogen-bond donors (Lipinski definition) is 1. The zero-order valence-corrected chi connectivity index (χ0v) is 17.0. The van der Waals surface area contributed by atoms with E-state index >= 15 is 0 Å². The van der Waals surface area contributed by atoms with Crippen molar-refractivity contribution in [3.63, 3.8) is 0 Å². The first-order valence-electron chi connectivity index (χ1n) is 9.66. The summed E-state index contributed by atoms with van der Waals surface area (Å²) in [5.74, 6) is 0.682. The molecule has 5 nitrogen and oxygen atoms in total. The minimum atomic E-state index is -0.0411. The van der Waals surface area contributed by atoms with Crippen molar-refractivity contribution >= 4 is 27.7 Å². The number of carbonyl (C=O) groups is 2. The fourth-order valence-electron chi connectivity index (χ4n) is 4.24. The number of nitrogens with one attached hydrogen (secondary N) is 1. The predicted molar refractivity (Wildman–Crippen MR) is 106 cm³/mol. The second-order valence-corrected chi connectivity index (χ2v) is 8.14. The van der Waals surface area contributed by atoms with Gasteiger partial charge in [-0.3, -0.25) is 14.5 Å². The van der Waals surface area contributed by atoms with Gasteiger partial charge in [0.1, 0.15) is 0 Å². The van der Waals surface area contributed by atoms with Gasteiger partial charge in [0.25, 0.3) is 5.91 Å². The topological polar surface area (TPSA) is 52.7 Å². The quantitative estimate of drug-likeness (QED) is 0.794. The summed E-state index contributed by atoms with van der Waals surface area (Å²) >= 11 is 3.43. The van der Waals surface area contributed by atoms with Crippen molar-refractivity contribution in [1.82, 2.24) is 15.1 Å². The largest absolute Gasteiger partial charge is 0.355 e. The lowest BCUT2D eigenvalue weighted by atomic mass is 9.95.